The number of aromatic nitrogens is 3. The van der Waals surface area contributed by atoms with Gasteiger partial charge in [-0.2, -0.15) is 9.50 Å². The van der Waals surface area contributed by atoms with Crippen molar-refractivity contribution < 1.29 is 14.3 Å². The van der Waals surface area contributed by atoms with E-state index in [0.717, 1.165) is 10.4 Å². The second-order valence-electron chi connectivity index (χ2n) is 7.57. The van der Waals surface area contributed by atoms with Crippen LogP contribution in [0.1, 0.15) is 29.3 Å². The first-order chi connectivity index (χ1) is 15.0. The fourth-order valence-electron chi connectivity index (χ4n) is 4.09. The third-order valence-electron chi connectivity index (χ3n) is 5.65. The highest BCUT2D eigenvalue weighted by Gasteiger charge is 2.33. The molecule has 3 N–H and O–H groups in total. The molecule has 8 nitrogen and oxygen atoms in total. The smallest absolute Gasteiger partial charge is 0.230 e. The maximum absolute atomic E-state index is 11.6. The molecule has 4 heterocycles. The van der Waals surface area contributed by atoms with Crippen LogP contribution in [-0.2, 0) is 4.79 Å². The second-order valence-corrected chi connectivity index (χ2v) is 9.01. The SMILES string of the molecule is NC(=O)C1CCN([C@@H](c2cccc(Cl)c2)c2sc3nc(-c4ccco4)nn3c2O)CC1. The molecular weight excluding hydrogens is 438 g/mol. The fraction of sp³-hybridized carbons (Fsp3) is 0.286. The highest BCUT2D eigenvalue weighted by atomic mass is 35.5. The number of furan rings is 1. The van der Waals surface area contributed by atoms with Gasteiger partial charge in [-0.25, -0.2) is 0 Å². The quantitative estimate of drug-likeness (QED) is 0.473. The van der Waals surface area contributed by atoms with Crippen molar-refractivity contribution in [2.75, 3.05) is 13.1 Å². The van der Waals surface area contributed by atoms with Crippen LogP contribution in [0.5, 0.6) is 5.88 Å². The molecular formula is C21H20ClN5O3S. The van der Waals surface area contributed by atoms with E-state index in [-0.39, 0.29) is 23.7 Å². The minimum absolute atomic E-state index is 0.0345. The summed E-state index contributed by atoms with van der Waals surface area (Å²) in [6.45, 7) is 1.35. The maximum atomic E-state index is 11.6. The molecule has 160 valence electrons. The molecule has 3 aromatic heterocycles. The number of likely N-dealkylation sites (tertiary alicyclic amines) is 1. The molecule has 1 aliphatic rings. The van der Waals surface area contributed by atoms with Crippen LogP contribution in [0.15, 0.2) is 47.1 Å². The summed E-state index contributed by atoms with van der Waals surface area (Å²) in [6.07, 6.45) is 2.91. The molecule has 1 fully saturated rings. The number of amides is 1. The number of hydrogen-bond donors (Lipinski definition) is 2. The zero-order valence-electron chi connectivity index (χ0n) is 16.4. The average molecular weight is 458 g/mol. The topological polar surface area (TPSA) is 110 Å². The van der Waals surface area contributed by atoms with Gasteiger partial charge in [-0.3, -0.25) is 9.69 Å². The number of piperidine rings is 1. The summed E-state index contributed by atoms with van der Waals surface area (Å²) >= 11 is 7.65. The van der Waals surface area contributed by atoms with Gasteiger partial charge in [-0.05, 0) is 55.8 Å². The normalized spacial score (nSPS) is 16.7. The van der Waals surface area contributed by atoms with Crippen molar-refractivity contribution in [3.05, 3.63) is 58.1 Å². The summed E-state index contributed by atoms with van der Waals surface area (Å²) in [7, 11) is 0. The number of thiazole rings is 1. The van der Waals surface area contributed by atoms with E-state index in [9.17, 15) is 9.90 Å². The van der Waals surface area contributed by atoms with E-state index < -0.39 is 0 Å². The number of rotatable bonds is 5. The molecule has 10 heteroatoms. The van der Waals surface area contributed by atoms with Crippen LogP contribution in [0.4, 0.5) is 0 Å². The van der Waals surface area contributed by atoms with Crippen molar-refractivity contribution in [1.82, 2.24) is 19.5 Å². The van der Waals surface area contributed by atoms with E-state index in [1.54, 1.807) is 18.4 Å². The number of primary amides is 1. The number of fused-ring (bicyclic) bond motifs is 1. The first-order valence-electron chi connectivity index (χ1n) is 9.92. The second kappa shape index (κ2) is 7.99. The van der Waals surface area contributed by atoms with Crippen LogP contribution in [0.25, 0.3) is 16.5 Å². The highest BCUT2D eigenvalue weighted by Crippen LogP contribution is 2.42. The van der Waals surface area contributed by atoms with Crippen molar-refractivity contribution >= 4 is 33.8 Å². The Labute approximate surface area is 186 Å². The lowest BCUT2D eigenvalue weighted by molar-refractivity contribution is -0.123. The highest BCUT2D eigenvalue weighted by molar-refractivity contribution is 7.17. The van der Waals surface area contributed by atoms with Crippen LogP contribution in [0.2, 0.25) is 5.02 Å². The van der Waals surface area contributed by atoms with Crippen LogP contribution < -0.4 is 5.73 Å². The third-order valence-corrected chi connectivity index (χ3v) is 6.96. The predicted molar refractivity (Wildman–Crippen MR) is 117 cm³/mol. The molecule has 1 aliphatic heterocycles. The van der Waals surface area contributed by atoms with Gasteiger partial charge in [-0.1, -0.05) is 35.1 Å². The van der Waals surface area contributed by atoms with Gasteiger partial charge in [0.15, 0.2) is 5.76 Å². The van der Waals surface area contributed by atoms with Crippen molar-refractivity contribution in [1.29, 1.82) is 0 Å². The minimum atomic E-state index is -0.258. The number of carbonyl (C=O) groups excluding carboxylic acids is 1. The van der Waals surface area contributed by atoms with Gasteiger partial charge in [0.25, 0.3) is 0 Å². The molecule has 1 aromatic carbocycles. The molecule has 0 bridgehead atoms. The third kappa shape index (κ3) is 3.69. The molecule has 0 saturated carbocycles. The molecule has 0 unspecified atom stereocenters. The first kappa shape index (κ1) is 20.0. The van der Waals surface area contributed by atoms with Gasteiger partial charge in [0.2, 0.25) is 22.6 Å². The number of halogens is 1. The lowest BCUT2D eigenvalue weighted by Crippen LogP contribution is -2.40. The Kier molecular flexibility index (Phi) is 5.17. The molecule has 1 amide bonds. The molecule has 31 heavy (non-hydrogen) atoms. The minimum Gasteiger partial charge on any atom is -0.492 e. The van der Waals surface area contributed by atoms with Gasteiger partial charge < -0.3 is 15.3 Å². The van der Waals surface area contributed by atoms with Gasteiger partial charge >= 0.3 is 0 Å². The summed E-state index contributed by atoms with van der Waals surface area (Å²) in [6, 6.07) is 10.9. The Morgan fingerprint density at radius 3 is 2.74 bits per heavy atom. The largest absolute Gasteiger partial charge is 0.492 e. The van der Waals surface area contributed by atoms with Crippen LogP contribution >= 0.6 is 22.9 Å². The predicted octanol–water partition coefficient (Wildman–Crippen LogP) is 3.70. The molecule has 5 rings (SSSR count). The van der Waals surface area contributed by atoms with Crippen LogP contribution in [0.3, 0.4) is 0 Å². The zero-order valence-corrected chi connectivity index (χ0v) is 18.0. The number of benzene rings is 1. The van der Waals surface area contributed by atoms with Crippen molar-refractivity contribution in [3.63, 3.8) is 0 Å². The Hall–Kier alpha value is -2.88. The maximum Gasteiger partial charge on any atom is 0.230 e. The summed E-state index contributed by atoms with van der Waals surface area (Å²) in [5.41, 5.74) is 6.46. The van der Waals surface area contributed by atoms with Gasteiger partial charge in [0.05, 0.1) is 17.2 Å². The number of nitrogens with two attached hydrogens (primary N) is 1. The number of hydrogen-bond acceptors (Lipinski definition) is 7. The Morgan fingerprint density at radius 1 is 1.29 bits per heavy atom. The Morgan fingerprint density at radius 2 is 2.10 bits per heavy atom. The number of nitrogens with zero attached hydrogens (tertiary/aromatic N) is 4. The van der Waals surface area contributed by atoms with E-state index in [1.807, 2.05) is 24.3 Å². The summed E-state index contributed by atoms with van der Waals surface area (Å²) < 4.78 is 6.80. The molecule has 1 saturated heterocycles. The first-order valence-corrected chi connectivity index (χ1v) is 11.1. The fourth-order valence-corrected chi connectivity index (χ4v) is 5.40. The number of carbonyl (C=O) groups is 1. The van der Waals surface area contributed by atoms with E-state index >= 15 is 0 Å². The summed E-state index contributed by atoms with van der Waals surface area (Å²) in [4.78, 5) is 19.7. The monoisotopic (exact) mass is 457 g/mol. The average Bonchev–Trinajstić information content (AvgIpc) is 3.48. The van der Waals surface area contributed by atoms with Gasteiger partial charge in [0, 0.05) is 10.9 Å². The molecule has 0 spiro atoms. The van der Waals surface area contributed by atoms with Crippen molar-refractivity contribution in [3.8, 4) is 17.5 Å². The summed E-state index contributed by atoms with van der Waals surface area (Å²) in [5, 5.41) is 16.1. The van der Waals surface area contributed by atoms with E-state index in [0.29, 0.717) is 47.5 Å². The number of aromatic hydroxyl groups is 1. The van der Waals surface area contributed by atoms with Crippen LogP contribution in [0, 0.1) is 5.92 Å². The van der Waals surface area contributed by atoms with Crippen molar-refractivity contribution in [2.24, 2.45) is 11.7 Å². The lowest BCUT2D eigenvalue weighted by Gasteiger charge is -2.36. The Bertz CT molecular complexity index is 1230. The van der Waals surface area contributed by atoms with Gasteiger partial charge in [0.1, 0.15) is 0 Å². The van der Waals surface area contributed by atoms with Crippen LogP contribution in [-0.4, -0.2) is 43.6 Å². The van der Waals surface area contributed by atoms with E-state index in [2.05, 4.69) is 15.0 Å². The standard InChI is InChI=1S/C21H20ClN5O3S/c22-14-4-1-3-13(11-14)16(26-8-6-12(7-9-26)18(23)28)17-20(29)27-21(31-17)24-19(25-27)15-5-2-10-30-15/h1-5,10-12,16,29H,6-9H2,(H2,23,28)/t16-/m0/s1. The van der Waals surface area contributed by atoms with E-state index in [1.165, 1.54) is 15.9 Å². The van der Waals surface area contributed by atoms with Crippen molar-refractivity contribution in [2.45, 2.75) is 18.9 Å². The lowest BCUT2D eigenvalue weighted by atomic mass is 9.93. The van der Waals surface area contributed by atoms with Gasteiger partial charge in [-0.15, -0.1) is 5.10 Å². The summed E-state index contributed by atoms with van der Waals surface area (Å²) in [5.74, 6) is 0.609. The van der Waals surface area contributed by atoms with E-state index in [4.69, 9.17) is 21.8 Å². The molecule has 0 aliphatic carbocycles. The zero-order chi connectivity index (χ0) is 21.5. The Balaban J connectivity index is 1.55. The molecule has 1 atom stereocenters. The molecule has 0 radical (unpaired) electrons. The molecule has 4 aromatic rings.